The SMILES string of the molecule is COC1(c2ccccc2)C(=O)N(CCCN(C)C)c2ccccc21.O=C(O)/C=C/C(=O)O. The topological polar surface area (TPSA) is 107 Å². The highest BCUT2D eigenvalue weighted by Gasteiger charge is 2.52. The summed E-state index contributed by atoms with van der Waals surface area (Å²) in [7, 11) is 5.71. The Hall–Kier alpha value is -3.49. The Balaban J connectivity index is 0.000000390. The Morgan fingerprint density at radius 3 is 2.09 bits per heavy atom. The molecule has 8 heteroatoms. The van der Waals surface area contributed by atoms with E-state index in [0.29, 0.717) is 18.7 Å². The van der Waals surface area contributed by atoms with E-state index in [1.807, 2.05) is 73.6 Å². The van der Waals surface area contributed by atoms with Crippen molar-refractivity contribution in [2.45, 2.75) is 12.0 Å². The number of rotatable bonds is 8. The second-order valence-electron chi connectivity index (χ2n) is 7.39. The van der Waals surface area contributed by atoms with E-state index < -0.39 is 17.5 Å². The monoisotopic (exact) mass is 440 g/mol. The van der Waals surface area contributed by atoms with Crippen LogP contribution in [0.5, 0.6) is 0 Å². The first-order chi connectivity index (χ1) is 15.2. The zero-order chi connectivity index (χ0) is 23.7. The van der Waals surface area contributed by atoms with Gasteiger partial charge in [0.05, 0.1) is 5.69 Å². The highest BCUT2D eigenvalue weighted by Crippen LogP contribution is 2.46. The minimum atomic E-state index is -1.26. The molecular weight excluding hydrogens is 412 g/mol. The molecule has 1 aliphatic rings. The van der Waals surface area contributed by atoms with E-state index in [1.165, 1.54) is 0 Å². The normalized spacial score (nSPS) is 17.2. The van der Waals surface area contributed by atoms with Crippen LogP contribution < -0.4 is 4.90 Å². The number of carboxylic acid groups (broad SMARTS) is 2. The first-order valence-corrected chi connectivity index (χ1v) is 10.0. The summed E-state index contributed by atoms with van der Waals surface area (Å²) in [6.07, 6.45) is 2.03. The zero-order valence-corrected chi connectivity index (χ0v) is 18.4. The van der Waals surface area contributed by atoms with Gasteiger partial charge < -0.3 is 24.7 Å². The lowest BCUT2D eigenvalue weighted by Gasteiger charge is -2.28. The number of aliphatic carboxylic acids is 2. The number of nitrogens with zero attached hydrogens (tertiary/aromatic N) is 2. The van der Waals surface area contributed by atoms with E-state index in [2.05, 4.69) is 4.90 Å². The Morgan fingerprint density at radius 2 is 1.56 bits per heavy atom. The summed E-state index contributed by atoms with van der Waals surface area (Å²) >= 11 is 0. The molecule has 0 fully saturated rings. The molecule has 8 nitrogen and oxygen atoms in total. The molecule has 0 bridgehead atoms. The lowest BCUT2D eigenvalue weighted by molar-refractivity contribution is -0.135. The molecule has 0 saturated carbocycles. The van der Waals surface area contributed by atoms with Crippen molar-refractivity contribution in [3.05, 3.63) is 77.9 Å². The van der Waals surface area contributed by atoms with Crippen LogP contribution in [0, 0.1) is 0 Å². The minimum absolute atomic E-state index is 0.00356. The molecule has 1 amide bonds. The fourth-order valence-corrected chi connectivity index (χ4v) is 3.60. The molecule has 2 N–H and O–H groups in total. The molecule has 1 atom stereocenters. The summed E-state index contributed by atoms with van der Waals surface area (Å²) in [4.78, 5) is 36.5. The Kier molecular flexibility index (Phi) is 8.69. The summed E-state index contributed by atoms with van der Waals surface area (Å²) in [5.74, 6) is -2.52. The lowest BCUT2D eigenvalue weighted by atomic mass is 9.87. The summed E-state index contributed by atoms with van der Waals surface area (Å²) in [6.45, 7) is 1.63. The summed E-state index contributed by atoms with van der Waals surface area (Å²) < 4.78 is 5.88. The third-order valence-electron chi connectivity index (χ3n) is 4.96. The van der Waals surface area contributed by atoms with Crippen LogP contribution in [0.4, 0.5) is 5.69 Å². The number of carboxylic acids is 2. The van der Waals surface area contributed by atoms with Crippen LogP contribution in [0.2, 0.25) is 0 Å². The van der Waals surface area contributed by atoms with Gasteiger partial charge in [-0.2, -0.15) is 0 Å². The van der Waals surface area contributed by atoms with E-state index in [0.717, 1.165) is 29.8 Å². The summed E-state index contributed by atoms with van der Waals surface area (Å²) in [6, 6.07) is 17.7. The molecule has 2 aromatic carbocycles. The molecule has 3 rings (SSSR count). The molecular formula is C24H28N2O6. The quantitative estimate of drug-likeness (QED) is 0.608. The maximum absolute atomic E-state index is 13.4. The predicted octanol–water partition coefficient (Wildman–Crippen LogP) is 2.59. The second kappa shape index (κ2) is 11.2. The Morgan fingerprint density at radius 1 is 1.00 bits per heavy atom. The van der Waals surface area contributed by atoms with Crippen LogP contribution in [-0.4, -0.2) is 67.3 Å². The van der Waals surface area contributed by atoms with Crippen LogP contribution in [0.15, 0.2) is 66.7 Å². The van der Waals surface area contributed by atoms with Gasteiger partial charge in [-0.1, -0.05) is 48.5 Å². The van der Waals surface area contributed by atoms with Crippen molar-refractivity contribution in [3.8, 4) is 0 Å². The number of ether oxygens (including phenoxy) is 1. The number of amides is 1. The molecule has 2 aromatic rings. The van der Waals surface area contributed by atoms with Gasteiger partial charge in [-0.3, -0.25) is 4.79 Å². The molecule has 170 valence electrons. The van der Waals surface area contributed by atoms with Gasteiger partial charge in [0.2, 0.25) is 0 Å². The average Bonchev–Trinajstić information content (AvgIpc) is 3.01. The number of benzene rings is 2. The number of para-hydroxylation sites is 1. The van der Waals surface area contributed by atoms with E-state index >= 15 is 0 Å². The van der Waals surface area contributed by atoms with E-state index in [9.17, 15) is 14.4 Å². The van der Waals surface area contributed by atoms with Gasteiger partial charge in [-0.25, -0.2) is 9.59 Å². The smallest absolute Gasteiger partial charge is 0.328 e. The van der Waals surface area contributed by atoms with Gasteiger partial charge in [-0.05, 0) is 38.7 Å². The molecule has 0 aliphatic carbocycles. The van der Waals surface area contributed by atoms with Gasteiger partial charge in [-0.15, -0.1) is 0 Å². The Bertz CT molecular complexity index is 957. The number of anilines is 1. The van der Waals surface area contributed by atoms with Crippen molar-refractivity contribution < 1.29 is 29.3 Å². The van der Waals surface area contributed by atoms with Gasteiger partial charge >= 0.3 is 11.9 Å². The Labute approximate surface area is 187 Å². The fourth-order valence-electron chi connectivity index (χ4n) is 3.60. The number of carbonyl (C=O) groups excluding carboxylic acids is 1. The largest absolute Gasteiger partial charge is 0.478 e. The summed E-state index contributed by atoms with van der Waals surface area (Å²) in [5.41, 5.74) is 1.70. The van der Waals surface area contributed by atoms with E-state index in [-0.39, 0.29) is 5.91 Å². The van der Waals surface area contributed by atoms with Crippen LogP contribution >= 0.6 is 0 Å². The van der Waals surface area contributed by atoms with Crippen LogP contribution in [0.1, 0.15) is 17.5 Å². The molecule has 1 unspecified atom stereocenters. The molecule has 0 radical (unpaired) electrons. The third kappa shape index (κ3) is 5.60. The number of hydrogen-bond donors (Lipinski definition) is 2. The van der Waals surface area contributed by atoms with Crippen molar-refractivity contribution >= 4 is 23.5 Å². The van der Waals surface area contributed by atoms with Crippen LogP contribution in [0.3, 0.4) is 0 Å². The number of fused-ring (bicyclic) bond motifs is 1. The van der Waals surface area contributed by atoms with Crippen molar-refractivity contribution in [1.29, 1.82) is 0 Å². The van der Waals surface area contributed by atoms with Crippen LogP contribution in [-0.2, 0) is 24.7 Å². The van der Waals surface area contributed by atoms with Crippen molar-refractivity contribution in [3.63, 3.8) is 0 Å². The molecule has 0 aromatic heterocycles. The van der Waals surface area contributed by atoms with Gasteiger partial charge in [0.15, 0.2) is 5.60 Å². The van der Waals surface area contributed by atoms with Crippen LogP contribution in [0.25, 0.3) is 0 Å². The molecule has 0 spiro atoms. The standard InChI is InChI=1S/C20H24N2O2.C4H4O4/c1-21(2)14-9-15-22-18-13-8-7-12-17(18)20(24-3,19(22)23)16-10-5-4-6-11-16;5-3(6)1-2-4(7)8/h4-8,10-13H,9,14-15H2,1-3H3;1-2H,(H,5,6)(H,7,8)/b;2-1+. The predicted molar refractivity (Wildman–Crippen MR) is 121 cm³/mol. The summed E-state index contributed by atoms with van der Waals surface area (Å²) in [5, 5.41) is 15.6. The van der Waals surface area contributed by atoms with Crippen molar-refractivity contribution in [2.24, 2.45) is 0 Å². The van der Waals surface area contributed by atoms with E-state index in [1.54, 1.807) is 7.11 Å². The van der Waals surface area contributed by atoms with Gasteiger partial charge in [0, 0.05) is 31.4 Å². The first kappa shape index (κ1) is 24.8. The number of hydrogen-bond acceptors (Lipinski definition) is 5. The van der Waals surface area contributed by atoms with Crippen molar-refractivity contribution in [2.75, 3.05) is 39.2 Å². The maximum Gasteiger partial charge on any atom is 0.328 e. The van der Waals surface area contributed by atoms with Gasteiger partial charge in [0.1, 0.15) is 0 Å². The first-order valence-electron chi connectivity index (χ1n) is 10.0. The molecule has 1 aliphatic heterocycles. The molecule has 32 heavy (non-hydrogen) atoms. The fraction of sp³-hybridized carbons (Fsp3) is 0.292. The molecule has 1 heterocycles. The van der Waals surface area contributed by atoms with E-state index in [4.69, 9.17) is 14.9 Å². The zero-order valence-electron chi connectivity index (χ0n) is 18.4. The third-order valence-corrected chi connectivity index (χ3v) is 4.96. The second-order valence-corrected chi connectivity index (χ2v) is 7.39. The molecule has 0 saturated heterocycles. The minimum Gasteiger partial charge on any atom is -0.478 e. The lowest BCUT2D eigenvalue weighted by Crippen LogP contribution is -2.43. The van der Waals surface area contributed by atoms with Gasteiger partial charge in [0.25, 0.3) is 5.91 Å². The number of methoxy groups -OCH3 is 1. The average molecular weight is 440 g/mol. The highest BCUT2D eigenvalue weighted by atomic mass is 16.5. The number of carbonyl (C=O) groups is 3. The highest BCUT2D eigenvalue weighted by molar-refractivity contribution is 6.09. The maximum atomic E-state index is 13.4. The van der Waals surface area contributed by atoms with Crippen molar-refractivity contribution in [1.82, 2.24) is 4.90 Å².